The summed E-state index contributed by atoms with van der Waals surface area (Å²) in [4.78, 5) is 82.2. The van der Waals surface area contributed by atoms with E-state index in [1.54, 1.807) is 0 Å². The van der Waals surface area contributed by atoms with Crippen LogP contribution in [0, 0.1) is 4.64 Å². The Kier molecular flexibility index (Phi) is 13.5. The van der Waals surface area contributed by atoms with E-state index >= 15 is 0 Å². The molecule has 0 spiro atoms. The number of carbonyl (C=O) groups is 3. The second kappa shape index (κ2) is 16.3. The molecule has 2 amide bonds. The van der Waals surface area contributed by atoms with Crippen molar-refractivity contribution in [2.75, 3.05) is 32.0 Å². The molecule has 1 fully saturated rings. The minimum absolute atomic E-state index is 0.0190. The number of ether oxygens (including phenoxy) is 2. The quantitative estimate of drug-likeness (QED) is 0.0423. The van der Waals surface area contributed by atoms with Crippen LogP contribution in [0.2, 0.25) is 0 Å². The number of aliphatic carboxylic acids is 1. The number of hydrogen-bond acceptors (Lipinski definition) is 17. The van der Waals surface area contributed by atoms with Gasteiger partial charge in [0.25, 0.3) is 0 Å². The highest BCUT2D eigenvalue weighted by molar-refractivity contribution is 7.71. The van der Waals surface area contributed by atoms with Gasteiger partial charge in [-0.3, -0.25) is 23.5 Å². The number of carboxylic acid groups (broad SMARTS) is 1. The Morgan fingerprint density at radius 2 is 1.79 bits per heavy atom. The second-order valence-corrected chi connectivity index (χ2v) is 14.5. The van der Waals surface area contributed by atoms with Crippen LogP contribution < -0.4 is 22.1 Å². The van der Waals surface area contributed by atoms with Crippen LogP contribution in [-0.4, -0.2) is 118 Å². The summed E-state index contributed by atoms with van der Waals surface area (Å²) >= 11 is 5.14. The van der Waals surface area contributed by atoms with Crippen molar-refractivity contribution in [2.45, 2.75) is 43.4 Å². The zero-order valence-corrected chi connectivity index (χ0v) is 27.6. The number of aliphatic hydroxyl groups excluding tert-OH is 1. The fraction of sp³-hybridized carbons (Fsp3) is 0.579. The molecule has 2 aromatic rings. The summed E-state index contributed by atoms with van der Waals surface area (Å²) in [5.41, 5.74) is 11.6. The maximum absolute atomic E-state index is 12.5. The predicted molar refractivity (Wildman–Crippen MR) is 157 cm³/mol. The highest BCUT2D eigenvalue weighted by atomic mass is 32.1. The average Bonchev–Trinajstić information content (AvgIpc) is 3.50. The minimum Gasteiger partial charge on any atom is -0.481 e. The number of carboxylic acids is 1. The molecule has 48 heavy (non-hydrogen) atoms. The highest BCUT2D eigenvalue weighted by Gasteiger charge is 2.48. The molecule has 0 aliphatic carbocycles. The molecule has 270 valence electrons. The third-order valence-electron chi connectivity index (χ3n) is 6.03. The van der Waals surface area contributed by atoms with Gasteiger partial charge in [-0.1, -0.05) is 12.2 Å². The van der Waals surface area contributed by atoms with Gasteiger partial charge >= 0.3 is 29.4 Å². The number of anilines is 1. The smallest absolute Gasteiger partial charge is 0.481 e. The monoisotopic (exact) mass is 768 g/mol. The number of phosphoric ester groups is 1. The fourth-order valence-corrected chi connectivity index (χ4v) is 7.31. The van der Waals surface area contributed by atoms with Gasteiger partial charge in [-0.2, -0.15) is 8.62 Å². The van der Waals surface area contributed by atoms with Crippen LogP contribution in [0.4, 0.5) is 5.95 Å². The first kappa shape index (κ1) is 39.7. The van der Waals surface area contributed by atoms with E-state index in [0.717, 1.165) is 0 Å². The zero-order valence-electron chi connectivity index (χ0n) is 24.1. The summed E-state index contributed by atoms with van der Waals surface area (Å²) in [5, 5.41) is 24.5. The number of carbonyl (C=O) groups excluding carboxylic acids is 2. The number of nitrogens with one attached hydrogen (secondary N) is 3. The normalized spacial score (nSPS) is 22.9. The van der Waals surface area contributed by atoms with Gasteiger partial charge in [0, 0.05) is 19.5 Å². The maximum atomic E-state index is 12.5. The third-order valence-corrected chi connectivity index (χ3v) is 10.1. The molecule has 1 aliphatic rings. The molecule has 0 saturated carbocycles. The Labute approximate surface area is 273 Å². The van der Waals surface area contributed by atoms with E-state index in [4.69, 9.17) is 48.1 Å². The van der Waals surface area contributed by atoms with E-state index in [0.29, 0.717) is 0 Å². The lowest BCUT2D eigenvalue weighted by Gasteiger charge is -2.22. The second-order valence-electron chi connectivity index (χ2n) is 9.67. The number of fused-ring (bicyclic) bond motifs is 1. The molecule has 25 nitrogen and oxygen atoms in total. The van der Waals surface area contributed by atoms with Crippen molar-refractivity contribution in [1.82, 2.24) is 30.2 Å². The van der Waals surface area contributed by atoms with Gasteiger partial charge in [0.15, 0.2) is 16.8 Å². The largest absolute Gasteiger partial charge is 0.490 e. The van der Waals surface area contributed by atoms with E-state index in [2.05, 4.69) is 38.7 Å². The van der Waals surface area contributed by atoms with Crippen LogP contribution in [-0.2, 0) is 50.7 Å². The molecule has 0 bridgehead atoms. The molecule has 29 heteroatoms. The molecule has 7 atom stereocenters. The number of aromatic nitrogens is 4. The number of nitrogen functional groups attached to an aromatic ring is 1. The Bertz CT molecular complexity index is 1700. The molecule has 4 unspecified atom stereocenters. The fourth-order valence-electron chi connectivity index (χ4n) is 4.03. The number of hydrogen-bond donors (Lipinski definition) is 11. The number of aliphatic hydroxyl groups is 1. The molecule has 0 radical (unpaired) electrons. The first-order valence-corrected chi connectivity index (χ1v) is 18.1. The molecule has 1 aliphatic heterocycles. The Morgan fingerprint density at radius 1 is 1.12 bits per heavy atom. The molecule has 13 N–H and O–H groups in total. The van der Waals surface area contributed by atoms with Crippen molar-refractivity contribution < 1.29 is 80.5 Å². The van der Waals surface area contributed by atoms with Crippen LogP contribution in [0.5, 0.6) is 0 Å². The van der Waals surface area contributed by atoms with E-state index in [9.17, 15) is 43.0 Å². The van der Waals surface area contributed by atoms with Crippen molar-refractivity contribution >= 4 is 70.6 Å². The topological polar surface area (TPSA) is 393 Å². The molecule has 3 heterocycles. The van der Waals surface area contributed by atoms with Crippen LogP contribution in [0.15, 0.2) is 6.33 Å². The summed E-state index contributed by atoms with van der Waals surface area (Å²) in [7, 11) is -17.1. The lowest BCUT2D eigenvalue weighted by molar-refractivity contribution is -0.137. The number of phosphoric acid groups is 3. The first-order valence-electron chi connectivity index (χ1n) is 13.2. The SMILES string of the molecule is Nc1nc(=S)c2ncn([C@@H]3O[C@H](COP(=O)(O)OP(=O)(O)OP(=O)(O)O)C(O)[C@@H]3OCC(=O)NCCNC(=O)C(N)CCC(=O)O)c2[nH]1. The number of amides is 2. The Balaban J connectivity index is 1.68. The van der Waals surface area contributed by atoms with Crippen LogP contribution in [0.1, 0.15) is 19.1 Å². The van der Waals surface area contributed by atoms with E-state index < -0.39 is 85.0 Å². The van der Waals surface area contributed by atoms with Gasteiger partial charge in [0.1, 0.15) is 36.1 Å². The van der Waals surface area contributed by atoms with Gasteiger partial charge in [-0.15, -0.1) is 0 Å². The summed E-state index contributed by atoms with van der Waals surface area (Å²) in [5.74, 6) is -2.64. The summed E-state index contributed by atoms with van der Waals surface area (Å²) in [6, 6.07) is -1.08. The van der Waals surface area contributed by atoms with Crippen molar-refractivity contribution in [3.63, 3.8) is 0 Å². The molecule has 0 aromatic carbocycles. The van der Waals surface area contributed by atoms with Crippen LogP contribution in [0.25, 0.3) is 11.2 Å². The number of rotatable bonds is 18. The molecule has 3 rings (SSSR count). The zero-order chi connectivity index (χ0) is 36.0. The third kappa shape index (κ3) is 11.7. The van der Waals surface area contributed by atoms with Gasteiger partial charge in [-0.05, 0) is 6.42 Å². The number of nitrogens with zero attached hydrogens (tertiary/aromatic N) is 3. The maximum Gasteiger partial charge on any atom is 0.490 e. The molecule has 2 aromatic heterocycles. The summed E-state index contributed by atoms with van der Waals surface area (Å²) < 4.78 is 59.1. The number of H-pyrrole nitrogens is 1. The van der Waals surface area contributed by atoms with Gasteiger partial charge in [0.2, 0.25) is 11.8 Å². The highest BCUT2D eigenvalue weighted by Crippen LogP contribution is 2.66. The van der Waals surface area contributed by atoms with Crippen LogP contribution >= 0.6 is 35.7 Å². The van der Waals surface area contributed by atoms with Crippen molar-refractivity contribution in [3.8, 4) is 0 Å². The first-order chi connectivity index (χ1) is 22.2. The predicted octanol–water partition coefficient (Wildman–Crippen LogP) is -2.52. The van der Waals surface area contributed by atoms with Gasteiger partial charge in [-0.25, -0.2) is 23.7 Å². The number of aromatic amines is 1. The van der Waals surface area contributed by atoms with Crippen molar-refractivity contribution in [2.24, 2.45) is 5.73 Å². The van der Waals surface area contributed by atoms with Crippen molar-refractivity contribution in [1.29, 1.82) is 0 Å². The Morgan fingerprint density at radius 3 is 2.44 bits per heavy atom. The lowest BCUT2D eigenvalue weighted by Crippen LogP contribution is -2.44. The standard InChI is InChI=1S/C19H31N8O17P3S/c20-8(1-2-11(29)30)16(32)23-4-3-22-10(28)6-40-14-13(31)9(5-41-46(36,37)44-47(38,39)43-45(33,34)35)42-18(14)27-7-24-12-15(27)25-19(21)26-17(12)48/h7-9,13-14,18,31H,1-6,20H2,(H,22,28)(H,23,32)(H,29,30)(H,36,37)(H,38,39)(H2,33,34,35)(H3,21,25,26,48)/t8?,9-,13?,14+,18-/m1/s1. The van der Waals surface area contributed by atoms with Gasteiger partial charge < -0.3 is 66.3 Å². The molecule has 1 saturated heterocycles. The number of nitrogens with two attached hydrogens (primary N) is 2. The summed E-state index contributed by atoms with van der Waals surface area (Å²) in [6.45, 7) is -1.97. The van der Waals surface area contributed by atoms with Crippen molar-refractivity contribution in [3.05, 3.63) is 11.0 Å². The van der Waals surface area contributed by atoms with Crippen LogP contribution in [0.3, 0.4) is 0 Å². The molecular weight excluding hydrogens is 737 g/mol. The summed E-state index contributed by atoms with van der Waals surface area (Å²) in [6.07, 6.45) is -5.44. The minimum atomic E-state index is -5.83. The van der Waals surface area contributed by atoms with E-state index in [1.807, 2.05) is 0 Å². The van der Waals surface area contributed by atoms with E-state index in [1.165, 1.54) is 10.9 Å². The Hall–Kier alpha value is -2.77. The van der Waals surface area contributed by atoms with Gasteiger partial charge in [0.05, 0.1) is 19.0 Å². The molecular formula is C19H31N8O17P3S. The van der Waals surface area contributed by atoms with E-state index in [-0.39, 0.29) is 47.7 Å². The number of imidazole rings is 1. The average molecular weight is 768 g/mol. The lowest BCUT2D eigenvalue weighted by atomic mass is 10.1.